The summed E-state index contributed by atoms with van der Waals surface area (Å²) in [4.78, 5) is 31.0. The van der Waals surface area contributed by atoms with Crippen LogP contribution in [0.2, 0.25) is 0 Å². The van der Waals surface area contributed by atoms with Crippen molar-refractivity contribution in [3.63, 3.8) is 0 Å². The molecule has 3 aromatic rings. The maximum absolute atomic E-state index is 12.6. The number of nitrogens with zero attached hydrogens (tertiary/aromatic N) is 4. The van der Waals surface area contributed by atoms with E-state index in [0.717, 1.165) is 23.7 Å². The molecule has 0 radical (unpaired) electrons. The number of rotatable bonds is 5. The van der Waals surface area contributed by atoms with Crippen molar-refractivity contribution in [3.05, 3.63) is 71.4 Å². The lowest BCUT2D eigenvalue weighted by molar-refractivity contribution is 0.0689. The highest BCUT2D eigenvalue weighted by molar-refractivity contribution is 6.02. The van der Waals surface area contributed by atoms with Crippen molar-refractivity contribution in [3.8, 4) is 0 Å². The minimum absolute atomic E-state index is 0.0229. The molecular formula is C20H21N5O3. The van der Waals surface area contributed by atoms with Gasteiger partial charge in [-0.15, -0.1) is 0 Å². The lowest BCUT2D eigenvalue weighted by Crippen LogP contribution is -2.18. The second-order valence-corrected chi connectivity index (χ2v) is 7.35. The summed E-state index contributed by atoms with van der Waals surface area (Å²) in [6, 6.07) is 11.6. The standard InChI is InChI=1S/C20H21N5O3/c1-20(2,3)16-9-17(25(24-16)12-13-7-5-4-6-8-13)23-18(26)14-10-22-15(11-21-14)19(27)28/h4-11H,12H2,1-3H3,(H,23,26)(H,27,28). The predicted molar refractivity (Wildman–Crippen MR) is 103 cm³/mol. The minimum Gasteiger partial charge on any atom is -0.476 e. The monoisotopic (exact) mass is 379 g/mol. The number of anilines is 1. The number of aromatic nitrogens is 4. The van der Waals surface area contributed by atoms with Crippen LogP contribution in [-0.2, 0) is 12.0 Å². The third kappa shape index (κ3) is 4.40. The average molecular weight is 379 g/mol. The molecule has 28 heavy (non-hydrogen) atoms. The lowest BCUT2D eigenvalue weighted by atomic mass is 9.92. The molecule has 0 aliphatic carbocycles. The fourth-order valence-electron chi connectivity index (χ4n) is 2.50. The highest BCUT2D eigenvalue weighted by Gasteiger charge is 2.21. The Morgan fingerprint density at radius 1 is 1.07 bits per heavy atom. The Morgan fingerprint density at radius 2 is 1.71 bits per heavy atom. The van der Waals surface area contributed by atoms with E-state index in [0.29, 0.717) is 12.4 Å². The number of carbonyl (C=O) groups excluding carboxylic acids is 1. The second kappa shape index (κ2) is 7.59. The molecule has 0 spiro atoms. The molecule has 0 bridgehead atoms. The number of carbonyl (C=O) groups is 2. The van der Waals surface area contributed by atoms with Crippen molar-refractivity contribution in [1.82, 2.24) is 19.7 Å². The van der Waals surface area contributed by atoms with Gasteiger partial charge in [0.1, 0.15) is 11.5 Å². The molecule has 1 amide bonds. The Morgan fingerprint density at radius 3 is 2.29 bits per heavy atom. The van der Waals surface area contributed by atoms with Gasteiger partial charge in [0.15, 0.2) is 5.69 Å². The molecule has 0 atom stereocenters. The second-order valence-electron chi connectivity index (χ2n) is 7.35. The number of hydrogen-bond donors (Lipinski definition) is 2. The Hall–Kier alpha value is -3.55. The summed E-state index contributed by atoms with van der Waals surface area (Å²) in [7, 11) is 0. The fourth-order valence-corrected chi connectivity index (χ4v) is 2.50. The summed E-state index contributed by atoms with van der Waals surface area (Å²) in [6.45, 7) is 6.63. The lowest BCUT2D eigenvalue weighted by Gasteiger charge is -2.14. The molecule has 2 heterocycles. The maximum Gasteiger partial charge on any atom is 0.356 e. The van der Waals surface area contributed by atoms with Crippen molar-refractivity contribution in [2.24, 2.45) is 0 Å². The van der Waals surface area contributed by atoms with Crippen LogP contribution >= 0.6 is 0 Å². The number of carboxylic acids is 1. The molecule has 1 aromatic carbocycles. The molecule has 8 nitrogen and oxygen atoms in total. The molecule has 0 unspecified atom stereocenters. The van der Waals surface area contributed by atoms with E-state index in [1.165, 1.54) is 0 Å². The molecule has 0 saturated heterocycles. The van der Waals surface area contributed by atoms with E-state index in [1.54, 1.807) is 4.68 Å². The SMILES string of the molecule is CC(C)(C)c1cc(NC(=O)c2cnc(C(=O)O)cn2)n(Cc2ccccc2)n1. The first-order chi connectivity index (χ1) is 13.2. The number of hydrogen-bond acceptors (Lipinski definition) is 5. The van der Waals surface area contributed by atoms with Gasteiger partial charge in [-0.25, -0.2) is 19.4 Å². The van der Waals surface area contributed by atoms with E-state index in [-0.39, 0.29) is 16.8 Å². The zero-order valence-corrected chi connectivity index (χ0v) is 15.9. The first-order valence-electron chi connectivity index (χ1n) is 8.73. The molecule has 0 saturated carbocycles. The average Bonchev–Trinajstić information content (AvgIpc) is 3.05. The van der Waals surface area contributed by atoms with Crippen molar-refractivity contribution in [2.45, 2.75) is 32.7 Å². The van der Waals surface area contributed by atoms with E-state index in [9.17, 15) is 9.59 Å². The van der Waals surface area contributed by atoms with Gasteiger partial charge in [-0.2, -0.15) is 5.10 Å². The van der Waals surface area contributed by atoms with Gasteiger partial charge in [-0.05, 0) is 5.56 Å². The summed E-state index contributed by atoms with van der Waals surface area (Å²) in [5, 5.41) is 16.3. The van der Waals surface area contributed by atoms with Gasteiger partial charge in [0.2, 0.25) is 0 Å². The highest BCUT2D eigenvalue weighted by Crippen LogP contribution is 2.25. The zero-order valence-electron chi connectivity index (χ0n) is 15.9. The largest absolute Gasteiger partial charge is 0.476 e. The predicted octanol–water partition coefficient (Wildman–Crippen LogP) is 2.97. The van der Waals surface area contributed by atoms with E-state index in [1.807, 2.05) is 57.2 Å². The summed E-state index contributed by atoms with van der Waals surface area (Å²) >= 11 is 0. The molecule has 0 aliphatic heterocycles. The molecule has 8 heteroatoms. The normalized spacial score (nSPS) is 11.2. The van der Waals surface area contributed by atoms with Gasteiger partial charge in [-0.1, -0.05) is 51.1 Å². The van der Waals surface area contributed by atoms with E-state index >= 15 is 0 Å². The van der Waals surface area contributed by atoms with Gasteiger partial charge in [0.25, 0.3) is 5.91 Å². The van der Waals surface area contributed by atoms with Crippen LogP contribution in [0.1, 0.15) is 53.0 Å². The number of aromatic carboxylic acids is 1. The third-order valence-electron chi connectivity index (χ3n) is 4.07. The molecule has 144 valence electrons. The van der Waals surface area contributed by atoms with Gasteiger partial charge in [0, 0.05) is 11.5 Å². The number of carboxylic acid groups (broad SMARTS) is 1. The first-order valence-corrected chi connectivity index (χ1v) is 8.73. The molecule has 3 rings (SSSR count). The quantitative estimate of drug-likeness (QED) is 0.705. The van der Waals surface area contributed by atoms with Crippen LogP contribution in [0.3, 0.4) is 0 Å². The number of nitrogens with one attached hydrogen (secondary N) is 1. The fraction of sp³-hybridized carbons (Fsp3) is 0.250. The summed E-state index contributed by atoms with van der Waals surface area (Å²) < 4.78 is 1.73. The van der Waals surface area contributed by atoms with Gasteiger partial charge < -0.3 is 10.4 Å². The van der Waals surface area contributed by atoms with Crippen molar-refractivity contribution in [1.29, 1.82) is 0 Å². The van der Waals surface area contributed by atoms with Crippen LogP contribution in [0.25, 0.3) is 0 Å². The summed E-state index contributed by atoms with van der Waals surface area (Å²) in [5.41, 5.74) is 1.50. The van der Waals surface area contributed by atoms with Gasteiger partial charge >= 0.3 is 5.97 Å². The first kappa shape index (κ1) is 19.2. The van der Waals surface area contributed by atoms with Gasteiger partial charge in [-0.3, -0.25) is 4.79 Å². The van der Waals surface area contributed by atoms with Crippen molar-refractivity contribution >= 4 is 17.7 Å². The molecule has 2 N–H and O–H groups in total. The molecule has 0 fully saturated rings. The van der Waals surface area contributed by atoms with Crippen LogP contribution in [0.4, 0.5) is 5.82 Å². The van der Waals surface area contributed by atoms with Crippen LogP contribution in [-0.4, -0.2) is 36.7 Å². The minimum atomic E-state index is -1.20. The molecule has 0 aliphatic rings. The van der Waals surface area contributed by atoms with Crippen LogP contribution in [0.5, 0.6) is 0 Å². The van der Waals surface area contributed by atoms with E-state index in [4.69, 9.17) is 5.11 Å². The Kier molecular flexibility index (Phi) is 5.21. The van der Waals surface area contributed by atoms with Crippen LogP contribution in [0.15, 0.2) is 48.8 Å². The third-order valence-corrected chi connectivity index (χ3v) is 4.07. The zero-order chi connectivity index (χ0) is 20.3. The Balaban J connectivity index is 1.88. The smallest absolute Gasteiger partial charge is 0.356 e. The number of benzene rings is 1. The van der Waals surface area contributed by atoms with Crippen molar-refractivity contribution in [2.75, 3.05) is 5.32 Å². The van der Waals surface area contributed by atoms with Gasteiger partial charge in [0.05, 0.1) is 24.6 Å². The molecule has 2 aromatic heterocycles. The van der Waals surface area contributed by atoms with E-state index < -0.39 is 11.9 Å². The molecular weight excluding hydrogens is 358 g/mol. The van der Waals surface area contributed by atoms with E-state index in [2.05, 4.69) is 20.4 Å². The topological polar surface area (TPSA) is 110 Å². The Labute approximate surface area is 162 Å². The summed E-state index contributed by atoms with van der Waals surface area (Å²) in [6.07, 6.45) is 2.19. The maximum atomic E-state index is 12.6. The Bertz CT molecular complexity index is 989. The van der Waals surface area contributed by atoms with Crippen molar-refractivity contribution < 1.29 is 14.7 Å². The number of amides is 1. The highest BCUT2D eigenvalue weighted by atomic mass is 16.4. The summed E-state index contributed by atoms with van der Waals surface area (Å²) in [5.74, 6) is -1.16. The van der Waals surface area contributed by atoms with Crippen LogP contribution < -0.4 is 5.32 Å². The van der Waals surface area contributed by atoms with Crippen LogP contribution in [0, 0.1) is 0 Å².